The van der Waals surface area contributed by atoms with E-state index in [1.54, 1.807) is 0 Å². The normalized spacial score (nSPS) is 32.6. The van der Waals surface area contributed by atoms with Crippen LogP contribution in [0.3, 0.4) is 0 Å². The Bertz CT molecular complexity index is 225. The molecule has 2 saturated carbocycles. The zero-order chi connectivity index (χ0) is 10.8. The minimum atomic E-state index is 0.783. The van der Waals surface area contributed by atoms with Crippen molar-refractivity contribution < 1.29 is 0 Å². The van der Waals surface area contributed by atoms with Gasteiger partial charge in [-0.3, -0.25) is 0 Å². The molecule has 2 nitrogen and oxygen atoms in total. The number of hydrogen-bond acceptors (Lipinski definition) is 2. The van der Waals surface area contributed by atoms with Crippen LogP contribution in [-0.2, 0) is 0 Å². The molecule has 3 aliphatic rings. The fourth-order valence-corrected chi connectivity index (χ4v) is 3.40. The second-order valence-corrected chi connectivity index (χ2v) is 6.31. The monoisotopic (exact) mass is 222 g/mol. The zero-order valence-corrected chi connectivity index (χ0v) is 10.4. The third-order valence-corrected chi connectivity index (χ3v) is 4.94. The lowest BCUT2D eigenvalue weighted by molar-refractivity contribution is 0.338. The van der Waals surface area contributed by atoms with E-state index in [-0.39, 0.29) is 0 Å². The SMILES string of the molecule is C1CNCC(CCNCC2(C3CC3)CC2)C1. The van der Waals surface area contributed by atoms with Crippen molar-refractivity contribution in [1.82, 2.24) is 10.6 Å². The number of hydrogen-bond donors (Lipinski definition) is 2. The Labute approximate surface area is 99.6 Å². The number of rotatable bonds is 6. The molecule has 0 aromatic rings. The Morgan fingerprint density at radius 2 is 2.06 bits per heavy atom. The van der Waals surface area contributed by atoms with Crippen LogP contribution in [0.1, 0.15) is 44.9 Å². The Hall–Kier alpha value is -0.0800. The van der Waals surface area contributed by atoms with Gasteiger partial charge in [0.25, 0.3) is 0 Å². The largest absolute Gasteiger partial charge is 0.316 e. The van der Waals surface area contributed by atoms with Gasteiger partial charge < -0.3 is 10.6 Å². The fourth-order valence-electron chi connectivity index (χ4n) is 3.40. The minimum absolute atomic E-state index is 0.783. The summed E-state index contributed by atoms with van der Waals surface area (Å²) >= 11 is 0. The van der Waals surface area contributed by atoms with Gasteiger partial charge in [-0.15, -0.1) is 0 Å². The smallest absolute Gasteiger partial charge is 0.00105 e. The van der Waals surface area contributed by atoms with E-state index in [9.17, 15) is 0 Å². The van der Waals surface area contributed by atoms with Crippen LogP contribution in [0.5, 0.6) is 0 Å². The van der Waals surface area contributed by atoms with Crippen LogP contribution in [0, 0.1) is 17.3 Å². The molecule has 3 rings (SSSR count). The Morgan fingerprint density at radius 1 is 1.19 bits per heavy atom. The van der Waals surface area contributed by atoms with Crippen molar-refractivity contribution in [3.8, 4) is 0 Å². The molecule has 1 aliphatic heterocycles. The molecule has 0 radical (unpaired) electrons. The molecular formula is C14H26N2. The summed E-state index contributed by atoms with van der Waals surface area (Å²) in [6, 6.07) is 0. The highest BCUT2D eigenvalue weighted by Crippen LogP contribution is 2.60. The highest BCUT2D eigenvalue weighted by Gasteiger charge is 2.53. The van der Waals surface area contributed by atoms with Crippen molar-refractivity contribution in [3.63, 3.8) is 0 Å². The molecule has 1 atom stereocenters. The lowest BCUT2D eigenvalue weighted by atomic mass is 9.96. The van der Waals surface area contributed by atoms with Crippen molar-refractivity contribution in [2.75, 3.05) is 26.2 Å². The molecule has 1 saturated heterocycles. The zero-order valence-electron chi connectivity index (χ0n) is 10.4. The van der Waals surface area contributed by atoms with E-state index in [0.29, 0.717) is 0 Å². The average Bonchev–Trinajstić information content (AvgIpc) is 3.17. The topological polar surface area (TPSA) is 24.1 Å². The molecule has 0 aromatic carbocycles. The lowest BCUT2D eigenvalue weighted by Crippen LogP contribution is -2.33. The summed E-state index contributed by atoms with van der Waals surface area (Å²) in [6.07, 6.45) is 10.3. The standard InChI is InChI=1S/C14H26N2/c1-2-12(10-15-8-1)5-9-16-11-14(6-7-14)13-3-4-13/h12-13,15-16H,1-11H2. The molecule has 92 valence electrons. The quantitative estimate of drug-likeness (QED) is 0.673. The van der Waals surface area contributed by atoms with Crippen LogP contribution >= 0.6 is 0 Å². The van der Waals surface area contributed by atoms with Crippen LogP contribution in [0.4, 0.5) is 0 Å². The minimum Gasteiger partial charge on any atom is -0.316 e. The molecule has 2 aliphatic carbocycles. The Morgan fingerprint density at radius 3 is 2.69 bits per heavy atom. The number of nitrogens with one attached hydrogen (secondary N) is 2. The molecule has 1 heterocycles. The average molecular weight is 222 g/mol. The highest BCUT2D eigenvalue weighted by atomic mass is 14.9. The van der Waals surface area contributed by atoms with Gasteiger partial charge in [0.1, 0.15) is 0 Å². The molecule has 0 amide bonds. The first-order valence-electron chi connectivity index (χ1n) is 7.30. The van der Waals surface area contributed by atoms with Gasteiger partial charge in [0.2, 0.25) is 0 Å². The Kier molecular flexibility index (Phi) is 3.21. The maximum absolute atomic E-state index is 3.73. The third kappa shape index (κ3) is 2.60. The second kappa shape index (κ2) is 4.66. The van der Waals surface area contributed by atoms with Gasteiger partial charge in [-0.1, -0.05) is 0 Å². The fraction of sp³-hybridized carbons (Fsp3) is 1.00. The van der Waals surface area contributed by atoms with Crippen LogP contribution in [0.2, 0.25) is 0 Å². The molecule has 0 spiro atoms. The summed E-state index contributed by atoms with van der Waals surface area (Å²) in [5, 5.41) is 7.23. The van der Waals surface area contributed by atoms with Crippen LogP contribution in [0.15, 0.2) is 0 Å². The molecule has 3 fully saturated rings. The maximum Gasteiger partial charge on any atom is 0.00105 e. The molecule has 0 bridgehead atoms. The second-order valence-electron chi connectivity index (χ2n) is 6.31. The third-order valence-electron chi connectivity index (χ3n) is 4.94. The highest BCUT2D eigenvalue weighted by molar-refractivity contribution is 5.04. The van der Waals surface area contributed by atoms with Gasteiger partial charge in [0.05, 0.1) is 0 Å². The van der Waals surface area contributed by atoms with Gasteiger partial charge in [0.15, 0.2) is 0 Å². The first-order valence-corrected chi connectivity index (χ1v) is 7.30. The summed E-state index contributed by atoms with van der Waals surface area (Å²) in [7, 11) is 0. The van der Waals surface area contributed by atoms with Gasteiger partial charge in [-0.25, -0.2) is 0 Å². The molecule has 0 aromatic heterocycles. The van der Waals surface area contributed by atoms with E-state index in [0.717, 1.165) is 17.3 Å². The maximum atomic E-state index is 3.73. The van der Waals surface area contributed by atoms with E-state index in [1.165, 1.54) is 71.1 Å². The first-order chi connectivity index (χ1) is 7.89. The van der Waals surface area contributed by atoms with E-state index in [1.807, 2.05) is 0 Å². The summed E-state index contributed by atoms with van der Waals surface area (Å²) in [6.45, 7) is 5.07. The molecular weight excluding hydrogens is 196 g/mol. The van der Waals surface area contributed by atoms with E-state index >= 15 is 0 Å². The van der Waals surface area contributed by atoms with Crippen LogP contribution in [0.25, 0.3) is 0 Å². The molecule has 2 heteroatoms. The Balaban J connectivity index is 1.29. The van der Waals surface area contributed by atoms with Crippen molar-refractivity contribution in [2.45, 2.75) is 44.9 Å². The predicted molar refractivity (Wildman–Crippen MR) is 67.5 cm³/mol. The van der Waals surface area contributed by atoms with Gasteiger partial charge in [-0.05, 0) is 81.8 Å². The van der Waals surface area contributed by atoms with Crippen LogP contribution in [-0.4, -0.2) is 26.2 Å². The molecule has 2 N–H and O–H groups in total. The van der Waals surface area contributed by atoms with Crippen LogP contribution < -0.4 is 10.6 Å². The van der Waals surface area contributed by atoms with Crippen molar-refractivity contribution in [3.05, 3.63) is 0 Å². The summed E-state index contributed by atoms with van der Waals surface area (Å²) in [5.41, 5.74) is 0.783. The van der Waals surface area contributed by atoms with E-state index in [4.69, 9.17) is 0 Å². The summed E-state index contributed by atoms with van der Waals surface area (Å²) in [4.78, 5) is 0. The molecule has 1 unspecified atom stereocenters. The van der Waals surface area contributed by atoms with Gasteiger partial charge >= 0.3 is 0 Å². The van der Waals surface area contributed by atoms with Gasteiger partial charge in [0, 0.05) is 6.54 Å². The summed E-state index contributed by atoms with van der Waals surface area (Å²) in [5.74, 6) is 2.05. The first kappa shape index (κ1) is 11.0. The predicted octanol–water partition coefficient (Wildman–Crippen LogP) is 2.16. The lowest BCUT2D eigenvalue weighted by Gasteiger charge is -2.23. The van der Waals surface area contributed by atoms with Crippen molar-refractivity contribution >= 4 is 0 Å². The molecule has 16 heavy (non-hydrogen) atoms. The van der Waals surface area contributed by atoms with E-state index in [2.05, 4.69) is 10.6 Å². The van der Waals surface area contributed by atoms with Crippen molar-refractivity contribution in [2.24, 2.45) is 17.3 Å². The number of piperidine rings is 1. The van der Waals surface area contributed by atoms with E-state index < -0.39 is 0 Å². The van der Waals surface area contributed by atoms with Gasteiger partial charge in [-0.2, -0.15) is 0 Å². The summed E-state index contributed by atoms with van der Waals surface area (Å²) < 4.78 is 0. The van der Waals surface area contributed by atoms with Crippen molar-refractivity contribution in [1.29, 1.82) is 0 Å².